The number of aliphatic hydroxyl groups is 1. The number of pyridine rings is 1. The van der Waals surface area contributed by atoms with Crippen LogP contribution >= 0.6 is 0 Å². The first-order chi connectivity index (χ1) is 9.07. The van der Waals surface area contributed by atoms with Crippen LogP contribution in [0.3, 0.4) is 0 Å². The fourth-order valence-corrected chi connectivity index (χ4v) is 1.96. The Morgan fingerprint density at radius 1 is 1.42 bits per heavy atom. The maximum absolute atomic E-state index is 9.11. The average molecular weight is 261 g/mol. The van der Waals surface area contributed by atoms with Gasteiger partial charge >= 0.3 is 0 Å². The maximum Gasteiger partial charge on any atom is 0.0683 e. The molecule has 19 heavy (non-hydrogen) atoms. The second-order valence-corrected chi connectivity index (χ2v) is 5.46. The lowest BCUT2D eigenvalue weighted by Crippen LogP contribution is -2.28. The summed E-state index contributed by atoms with van der Waals surface area (Å²) in [4.78, 5) is 6.30. The third-order valence-corrected chi connectivity index (χ3v) is 3.12. The lowest BCUT2D eigenvalue weighted by molar-refractivity contribution is 0.183. The van der Waals surface area contributed by atoms with Crippen LogP contribution in [-0.4, -0.2) is 34.7 Å². The molecule has 0 radical (unpaired) electrons. The summed E-state index contributed by atoms with van der Waals surface area (Å²) in [7, 11) is 0. The number of nitriles is 1. The first kappa shape index (κ1) is 15.6. The van der Waals surface area contributed by atoms with E-state index in [0.29, 0.717) is 6.54 Å². The maximum atomic E-state index is 9.11. The molecule has 104 valence electrons. The van der Waals surface area contributed by atoms with Crippen molar-refractivity contribution in [2.75, 3.05) is 19.7 Å². The molecular formula is C15H23N3O. The molecule has 1 aromatic heterocycles. The van der Waals surface area contributed by atoms with E-state index in [9.17, 15) is 0 Å². The number of aromatic nitrogens is 1. The molecule has 0 aliphatic rings. The second kappa shape index (κ2) is 7.88. The molecule has 0 spiro atoms. The fourth-order valence-electron chi connectivity index (χ4n) is 1.96. The van der Waals surface area contributed by atoms with Gasteiger partial charge in [-0.3, -0.25) is 9.88 Å². The van der Waals surface area contributed by atoms with Crippen molar-refractivity contribution in [2.24, 2.45) is 5.41 Å². The van der Waals surface area contributed by atoms with E-state index >= 15 is 0 Å². The van der Waals surface area contributed by atoms with E-state index in [4.69, 9.17) is 10.4 Å². The molecule has 4 heteroatoms. The van der Waals surface area contributed by atoms with E-state index < -0.39 is 0 Å². The molecule has 1 aromatic rings. The molecule has 1 heterocycles. The summed E-state index contributed by atoms with van der Waals surface area (Å²) in [6.45, 7) is 6.42. The summed E-state index contributed by atoms with van der Waals surface area (Å²) in [5.41, 5.74) is 0.884. The van der Waals surface area contributed by atoms with E-state index in [2.05, 4.69) is 16.0 Å². The Morgan fingerprint density at radius 3 is 2.79 bits per heavy atom. The molecule has 0 amide bonds. The molecule has 0 aromatic carbocycles. The van der Waals surface area contributed by atoms with E-state index in [-0.39, 0.29) is 12.0 Å². The summed E-state index contributed by atoms with van der Waals surface area (Å²) in [6.07, 6.45) is 5.44. The van der Waals surface area contributed by atoms with Crippen molar-refractivity contribution >= 4 is 0 Å². The van der Waals surface area contributed by atoms with E-state index in [1.165, 1.54) is 0 Å². The molecule has 4 nitrogen and oxygen atoms in total. The quantitative estimate of drug-likeness (QED) is 0.779. The predicted molar refractivity (Wildman–Crippen MR) is 75.2 cm³/mol. The third kappa shape index (κ3) is 6.32. The summed E-state index contributed by atoms with van der Waals surface area (Å²) < 4.78 is 0. The van der Waals surface area contributed by atoms with Crippen molar-refractivity contribution in [2.45, 2.75) is 33.2 Å². The topological polar surface area (TPSA) is 60.2 Å². The Labute approximate surface area is 115 Å². The normalized spacial score (nSPS) is 11.5. The van der Waals surface area contributed by atoms with E-state index in [1.807, 2.05) is 32.2 Å². The summed E-state index contributed by atoms with van der Waals surface area (Å²) in [6, 6.07) is 6.28. The number of rotatable bonds is 8. The van der Waals surface area contributed by atoms with Crippen LogP contribution in [0, 0.1) is 16.7 Å². The number of aliphatic hydroxyl groups excluding tert-OH is 1. The first-order valence-corrected chi connectivity index (χ1v) is 6.71. The molecule has 0 aliphatic heterocycles. The minimum absolute atomic E-state index is 0.155. The molecule has 0 saturated heterocycles. The summed E-state index contributed by atoms with van der Waals surface area (Å²) in [5.74, 6) is 0. The molecule has 0 aliphatic carbocycles. The highest BCUT2D eigenvalue weighted by molar-refractivity contribution is 5.08. The highest BCUT2D eigenvalue weighted by Crippen LogP contribution is 2.20. The van der Waals surface area contributed by atoms with Crippen LogP contribution in [-0.2, 0) is 6.54 Å². The van der Waals surface area contributed by atoms with Crippen molar-refractivity contribution < 1.29 is 5.11 Å². The van der Waals surface area contributed by atoms with Gasteiger partial charge in [-0.25, -0.2) is 0 Å². The Morgan fingerprint density at radius 2 is 2.21 bits per heavy atom. The third-order valence-electron chi connectivity index (χ3n) is 3.12. The molecule has 0 bridgehead atoms. The smallest absolute Gasteiger partial charge is 0.0683 e. The van der Waals surface area contributed by atoms with Gasteiger partial charge in [-0.15, -0.1) is 0 Å². The largest absolute Gasteiger partial charge is 0.395 e. The van der Waals surface area contributed by atoms with Gasteiger partial charge < -0.3 is 5.11 Å². The van der Waals surface area contributed by atoms with Gasteiger partial charge in [0, 0.05) is 25.5 Å². The average Bonchev–Trinajstić information content (AvgIpc) is 2.40. The van der Waals surface area contributed by atoms with Crippen LogP contribution in [0.5, 0.6) is 0 Å². The van der Waals surface area contributed by atoms with Crippen molar-refractivity contribution in [1.82, 2.24) is 9.88 Å². The zero-order valence-corrected chi connectivity index (χ0v) is 11.8. The van der Waals surface area contributed by atoms with Crippen LogP contribution in [0.1, 0.15) is 32.3 Å². The van der Waals surface area contributed by atoms with E-state index in [0.717, 1.165) is 31.5 Å². The van der Waals surface area contributed by atoms with Crippen LogP contribution < -0.4 is 0 Å². The highest BCUT2D eigenvalue weighted by atomic mass is 16.3. The van der Waals surface area contributed by atoms with Crippen LogP contribution in [0.15, 0.2) is 24.5 Å². The molecule has 0 unspecified atom stereocenters. The lowest BCUT2D eigenvalue weighted by Gasteiger charge is -2.23. The Kier molecular flexibility index (Phi) is 6.48. The number of nitrogens with zero attached hydrogens (tertiary/aromatic N) is 3. The van der Waals surface area contributed by atoms with Crippen LogP contribution in [0.25, 0.3) is 0 Å². The molecule has 1 rings (SSSR count). The van der Waals surface area contributed by atoms with Gasteiger partial charge in [0.2, 0.25) is 0 Å². The lowest BCUT2D eigenvalue weighted by atomic mass is 9.90. The Bertz CT molecular complexity index is 398. The highest BCUT2D eigenvalue weighted by Gasteiger charge is 2.16. The van der Waals surface area contributed by atoms with Crippen molar-refractivity contribution in [3.05, 3.63) is 30.1 Å². The van der Waals surface area contributed by atoms with Gasteiger partial charge in [-0.1, -0.05) is 6.07 Å². The van der Waals surface area contributed by atoms with Crippen LogP contribution in [0.4, 0.5) is 0 Å². The Balaban J connectivity index is 2.43. The van der Waals surface area contributed by atoms with Crippen molar-refractivity contribution in [3.8, 4) is 6.07 Å². The minimum Gasteiger partial charge on any atom is -0.395 e. The number of hydrogen-bond acceptors (Lipinski definition) is 4. The van der Waals surface area contributed by atoms with Gasteiger partial charge in [0.15, 0.2) is 0 Å². The summed E-state index contributed by atoms with van der Waals surface area (Å²) >= 11 is 0. The van der Waals surface area contributed by atoms with Crippen molar-refractivity contribution in [1.29, 1.82) is 5.26 Å². The molecule has 0 saturated carbocycles. The molecular weight excluding hydrogens is 238 g/mol. The van der Waals surface area contributed by atoms with Gasteiger partial charge in [0.25, 0.3) is 0 Å². The van der Waals surface area contributed by atoms with Gasteiger partial charge in [-0.05, 0) is 44.9 Å². The zero-order valence-electron chi connectivity index (χ0n) is 11.8. The van der Waals surface area contributed by atoms with Gasteiger partial charge in [0.05, 0.1) is 18.1 Å². The predicted octanol–water partition coefficient (Wildman–Crippen LogP) is 2.21. The van der Waals surface area contributed by atoms with Crippen molar-refractivity contribution in [3.63, 3.8) is 0 Å². The van der Waals surface area contributed by atoms with Crippen LogP contribution in [0.2, 0.25) is 0 Å². The summed E-state index contributed by atoms with van der Waals surface area (Å²) in [5, 5.41) is 18.1. The SMILES string of the molecule is CC(C)(C#N)CCCN(CCO)Cc1cccnc1. The zero-order chi connectivity index (χ0) is 14.1. The first-order valence-electron chi connectivity index (χ1n) is 6.71. The number of hydrogen-bond donors (Lipinski definition) is 1. The van der Waals surface area contributed by atoms with E-state index in [1.54, 1.807) is 6.20 Å². The monoisotopic (exact) mass is 261 g/mol. The van der Waals surface area contributed by atoms with Gasteiger partial charge in [0.1, 0.15) is 0 Å². The molecule has 1 N–H and O–H groups in total. The fraction of sp³-hybridized carbons (Fsp3) is 0.600. The molecule has 0 atom stereocenters. The minimum atomic E-state index is -0.265. The Hall–Kier alpha value is -1.44. The molecule has 0 fully saturated rings. The van der Waals surface area contributed by atoms with Gasteiger partial charge in [-0.2, -0.15) is 5.26 Å². The standard InChI is InChI=1S/C15H23N3O/c1-15(2,13-16)6-4-8-18(9-10-19)12-14-5-3-7-17-11-14/h3,5,7,11,19H,4,6,8-10,12H2,1-2H3. The second-order valence-electron chi connectivity index (χ2n) is 5.46.